The van der Waals surface area contributed by atoms with Gasteiger partial charge in [-0.2, -0.15) is 0 Å². The molecule has 1 aliphatic heterocycles. The second kappa shape index (κ2) is 5.60. The van der Waals surface area contributed by atoms with Gasteiger partial charge in [0.15, 0.2) is 0 Å². The molecule has 1 N–H and O–H groups in total. The van der Waals surface area contributed by atoms with Gasteiger partial charge in [0.25, 0.3) is 0 Å². The molecule has 0 spiro atoms. The summed E-state index contributed by atoms with van der Waals surface area (Å²) < 4.78 is 0. The van der Waals surface area contributed by atoms with Gasteiger partial charge in [0, 0.05) is 30.2 Å². The molecule has 98 valence electrons. The van der Waals surface area contributed by atoms with E-state index in [1.165, 1.54) is 37.9 Å². The van der Waals surface area contributed by atoms with E-state index in [0.717, 1.165) is 24.0 Å². The zero-order chi connectivity index (χ0) is 12.4. The largest absolute Gasteiger partial charge is 0.312 e. The highest BCUT2D eigenvalue weighted by Gasteiger charge is 2.33. The third-order valence-electron chi connectivity index (χ3n) is 4.04. The molecule has 2 aliphatic rings. The maximum Gasteiger partial charge on any atom is 0.0406 e. The van der Waals surface area contributed by atoms with Crippen molar-refractivity contribution in [2.45, 2.75) is 37.8 Å². The van der Waals surface area contributed by atoms with Crippen molar-refractivity contribution in [1.29, 1.82) is 0 Å². The van der Waals surface area contributed by atoms with Crippen LogP contribution in [0.1, 0.15) is 24.8 Å². The summed E-state index contributed by atoms with van der Waals surface area (Å²) in [7, 11) is 0. The first-order chi connectivity index (χ1) is 8.81. The molecule has 0 bridgehead atoms. The second-order valence-electron chi connectivity index (χ2n) is 5.54. The van der Waals surface area contributed by atoms with Gasteiger partial charge in [-0.05, 0) is 49.9 Å². The zero-order valence-electron chi connectivity index (χ0n) is 10.7. The topological polar surface area (TPSA) is 15.3 Å². The highest BCUT2D eigenvalue weighted by molar-refractivity contribution is 6.30. The molecular weight excluding hydrogens is 244 g/mol. The zero-order valence-corrected chi connectivity index (χ0v) is 11.5. The third kappa shape index (κ3) is 3.25. The van der Waals surface area contributed by atoms with Crippen LogP contribution < -0.4 is 5.32 Å². The van der Waals surface area contributed by atoms with Crippen molar-refractivity contribution in [1.82, 2.24) is 10.2 Å². The molecule has 1 atom stereocenters. The first-order valence-corrected chi connectivity index (χ1v) is 7.41. The molecule has 1 saturated carbocycles. The van der Waals surface area contributed by atoms with E-state index in [-0.39, 0.29) is 0 Å². The van der Waals surface area contributed by atoms with E-state index in [2.05, 4.69) is 22.3 Å². The van der Waals surface area contributed by atoms with Crippen LogP contribution in [-0.2, 0) is 6.42 Å². The molecule has 1 aliphatic carbocycles. The minimum atomic E-state index is 0.706. The summed E-state index contributed by atoms with van der Waals surface area (Å²) in [5, 5.41) is 4.50. The average Bonchev–Trinajstić information content (AvgIpc) is 3.12. The number of hydrogen-bond acceptors (Lipinski definition) is 2. The summed E-state index contributed by atoms with van der Waals surface area (Å²) in [6.07, 6.45) is 5.27. The second-order valence-corrected chi connectivity index (χ2v) is 5.98. The van der Waals surface area contributed by atoms with Gasteiger partial charge in [0.1, 0.15) is 0 Å². The van der Waals surface area contributed by atoms with Crippen LogP contribution in [0.4, 0.5) is 0 Å². The fourth-order valence-electron chi connectivity index (χ4n) is 2.80. The van der Waals surface area contributed by atoms with Crippen molar-refractivity contribution in [2.75, 3.05) is 19.6 Å². The summed E-state index contributed by atoms with van der Waals surface area (Å²) in [5.74, 6) is 0. The molecule has 3 heteroatoms. The normalized spacial score (nSPS) is 24.6. The summed E-state index contributed by atoms with van der Waals surface area (Å²) >= 11 is 5.88. The Morgan fingerprint density at radius 1 is 1.17 bits per heavy atom. The number of halogens is 1. The van der Waals surface area contributed by atoms with Gasteiger partial charge in [-0.25, -0.2) is 0 Å². The van der Waals surface area contributed by atoms with Crippen molar-refractivity contribution in [3.05, 3.63) is 34.9 Å². The van der Waals surface area contributed by atoms with Crippen molar-refractivity contribution in [3.63, 3.8) is 0 Å². The third-order valence-corrected chi connectivity index (χ3v) is 4.29. The fraction of sp³-hybridized carbons (Fsp3) is 0.600. The molecule has 2 fully saturated rings. The molecule has 1 unspecified atom stereocenters. The van der Waals surface area contributed by atoms with Gasteiger partial charge in [0.2, 0.25) is 0 Å². The highest BCUT2D eigenvalue weighted by Crippen LogP contribution is 2.29. The van der Waals surface area contributed by atoms with Gasteiger partial charge < -0.3 is 5.32 Å². The average molecular weight is 265 g/mol. The summed E-state index contributed by atoms with van der Waals surface area (Å²) in [6, 6.07) is 9.82. The van der Waals surface area contributed by atoms with Crippen LogP contribution in [0.15, 0.2) is 24.3 Å². The Hall–Kier alpha value is -0.570. The van der Waals surface area contributed by atoms with Crippen LogP contribution in [0, 0.1) is 0 Å². The molecule has 0 radical (unpaired) electrons. The highest BCUT2D eigenvalue weighted by atomic mass is 35.5. The predicted octanol–water partition coefficient (Wildman–Crippen LogP) is 2.71. The van der Waals surface area contributed by atoms with Gasteiger partial charge in [-0.3, -0.25) is 4.90 Å². The van der Waals surface area contributed by atoms with Crippen LogP contribution in [-0.4, -0.2) is 36.6 Å². The summed E-state index contributed by atoms with van der Waals surface area (Å²) in [5.41, 5.74) is 1.36. The lowest BCUT2D eigenvalue weighted by Crippen LogP contribution is -2.34. The molecule has 0 aromatic heterocycles. The lowest BCUT2D eigenvalue weighted by atomic mass is 10.1. The number of nitrogens with zero attached hydrogens (tertiary/aromatic N) is 1. The smallest absolute Gasteiger partial charge is 0.0406 e. The van der Waals surface area contributed by atoms with Crippen LogP contribution in [0.2, 0.25) is 5.02 Å². The van der Waals surface area contributed by atoms with E-state index >= 15 is 0 Å². The SMILES string of the molecule is Clc1ccc(CCNC2CCN(C3CC3)C2)cc1. The van der Waals surface area contributed by atoms with E-state index < -0.39 is 0 Å². The number of likely N-dealkylation sites (tertiary alicyclic amines) is 1. The van der Waals surface area contributed by atoms with E-state index in [1.54, 1.807) is 0 Å². The molecule has 1 saturated heterocycles. The Kier molecular flexibility index (Phi) is 3.88. The minimum absolute atomic E-state index is 0.706. The van der Waals surface area contributed by atoms with Gasteiger partial charge in [0.05, 0.1) is 0 Å². The Labute approximate surface area is 114 Å². The minimum Gasteiger partial charge on any atom is -0.312 e. The van der Waals surface area contributed by atoms with Crippen molar-refractivity contribution >= 4 is 11.6 Å². The molecule has 2 nitrogen and oxygen atoms in total. The number of nitrogens with one attached hydrogen (secondary N) is 1. The van der Waals surface area contributed by atoms with Gasteiger partial charge >= 0.3 is 0 Å². The molecule has 0 amide bonds. The molecule has 1 heterocycles. The van der Waals surface area contributed by atoms with Crippen LogP contribution in [0.3, 0.4) is 0 Å². The molecule has 1 aromatic rings. The Morgan fingerprint density at radius 2 is 1.94 bits per heavy atom. The molecule has 3 rings (SSSR count). The molecule has 18 heavy (non-hydrogen) atoms. The monoisotopic (exact) mass is 264 g/mol. The summed E-state index contributed by atoms with van der Waals surface area (Å²) in [6.45, 7) is 3.62. The first-order valence-electron chi connectivity index (χ1n) is 7.03. The standard InChI is InChI=1S/C15H21ClN2/c16-13-3-1-12(2-4-13)7-9-17-14-8-10-18(11-14)15-5-6-15/h1-4,14-15,17H,5-11H2. The molecule has 1 aromatic carbocycles. The maximum absolute atomic E-state index is 5.88. The van der Waals surface area contributed by atoms with Crippen LogP contribution in [0.25, 0.3) is 0 Å². The Bertz CT molecular complexity index is 386. The van der Waals surface area contributed by atoms with E-state index in [1.807, 2.05) is 12.1 Å². The van der Waals surface area contributed by atoms with E-state index in [0.29, 0.717) is 6.04 Å². The van der Waals surface area contributed by atoms with Gasteiger partial charge in [-0.1, -0.05) is 23.7 Å². The quantitative estimate of drug-likeness (QED) is 0.880. The Balaban J connectivity index is 1.38. The molecular formula is C15H21ClN2. The maximum atomic E-state index is 5.88. The predicted molar refractivity (Wildman–Crippen MR) is 76.2 cm³/mol. The summed E-state index contributed by atoms with van der Waals surface area (Å²) in [4.78, 5) is 2.65. The van der Waals surface area contributed by atoms with E-state index in [4.69, 9.17) is 11.6 Å². The Morgan fingerprint density at radius 3 is 2.67 bits per heavy atom. The number of rotatable bonds is 5. The van der Waals surface area contributed by atoms with Crippen molar-refractivity contribution in [3.8, 4) is 0 Å². The first kappa shape index (κ1) is 12.5. The van der Waals surface area contributed by atoms with Gasteiger partial charge in [-0.15, -0.1) is 0 Å². The van der Waals surface area contributed by atoms with Crippen LogP contribution >= 0.6 is 11.6 Å². The van der Waals surface area contributed by atoms with Crippen LogP contribution in [0.5, 0.6) is 0 Å². The van der Waals surface area contributed by atoms with Crippen molar-refractivity contribution in [2.24, 2.45) is 0 Å². The van der Waals surface area contributed by atoms with E-state index in [9.17, 15) is 0 Å². The number of hydrogen-bond donors (Lipinski definition) is 1. The lowest BCUT2D eigenvalue weighted by Gasteiger charge is -2.15. The van der Waals surface area contributed by atoms with Crippen molar-refractivity contribution < 1.29 is 0 Å². The lowest BCUT2D eigenvalue weighted by molar-refractivity contribution is 0.318. The number of benzene rings is 1. The fourth-order valence-corrected chi connectivity index (χ4v) is 2.92.